The number of aromatic nitrogens is 2. The Balaban J connectivity index is 2.42. The van der Waals surface area contributed by atoms with Crippen LogP contribution in [0.25, 0.3) is 0 Å². The summed E-state index contributed by atoms with van der Waals surface area (Å²) in [6.45, 7) is 5.52. The maximum absolute atomic E-state index is 9.38. The van der Waals surface area contributed by atoms with Crippen molar-refractivity contribution in [2.45, 2.75) is 39.3 Å². The average molecular weight is 211 g/mol. The maximum atomic E-state index is 9.38. The number of aliphatic hydroxyl groups is 1. The Hall–Kier alpha value is -0.870. The summed E-state index contributed by atoms with van der Waals surface area (Å²) in [5.41, 5.74) is 2.36. The molecule has 2 N–H and O–H groups in total. The van der Waals surface area contributed by atoms with E-state index in [-0.39, 0.29) is 6.10 Å². The largest absolute Gasteiger partial charge is 0.392 e. The van der Waals surface area contributed by atoms with Gasteiger partial charge in [-0.25, -0.2) is 0 Å². The van der Waals surface area contributed by atoms with E-state index < -0.39 is 0 Å². The zero-order valence-electron chi connectivity index (χ0n) is 9.82. The van der Waals surface area contributed by atoms with E-state index >= 15 is 0 Å². The highest BCUT2D eigenvalue weighted by molar-refractivity contribution is 5.16. The summed E-state index contributed by atoms with van der Waals surface area (Å²) in [6, 6.07) is 0. The van der Waals surface area contributed by atoms with Gasteiger partial charge in [-0.05, 0) is 12.8 Å². The topological polar surface area (TPSA) is 50.1 Å². The number of nitrogens with zero attached hydrogens (tertiary/aromatic N) is 2. The van der Waals surface area contributed by atoms with E-state index in [1.807, 2.05) is 24.9 Å². The van der Waals surface area contributed by atoms with Gasteiger partial charge in [0.25, 0.3) is 0 Å². The first-order chi connectivity index (χ1) is 7.17. The molecule has 1 aromatic rings. The zero-order chi connectivity index (χ0) is 11.3. The second-order valence-electron chi connectivity index (χ2n) is 3.82. The first kappa shape index (κ1) is 12.2. The van der Waals surface area contributed by atoms with Crippen LogP contribution in [0.15, 0.2) is 6.20 Å². The molecule has 0 radical (unpaired) electrons. The zero-order valence-corrected chi connectivity index (χ0v) is 9.82. The summed E-state index contributed by atoms with van der Waals surface area (Å²) in [5.74, 6) is 0. The molecule has 86 valence electrons. The normalized spacial score (nSPS) is 13.1. The van der Waals surface area contributed by atoms with Crippen LogP contribution in [0.5, 0.6) is 0 Å². The molecule has 1 unspecified atom stereocenters. The van der Waals surface area contributed by atoms with E-state index in [2.05, 4.69) is 17.3 Å². The number of hydrogen-bond donors (Lipinski definition) is 2. The Labute approximate surface area is 91.3 Å². The van der Waals surface area contributed by atoms with Crippen LogP contribution in [0.4, 0.5) is 0 Å². The first-order valence-corrected chi connectivity index (χ1v) is 5.57. The molecular weight excluding hydrogens is 190 g/mol. The van der Waals surface area contributed by atoms with Gasteiger partial charge >= 0.3 is 0 Å². The Kier molecular flexibility index (Phi) is 4.78. The minimum absolute atomic E-state index is 0.244. The highest BCUT2D eigenvalue weighted by atomic mass is 16.3. The predicted molar refractivity (Wildman–Crippen MR) is 60.6 cm³/mol. The Morgan fingerprint density at radius 1 is 1.53 bits per heavy atom. The van der Waals surface area contributed by atoms with Crippen LogP contribution in [0, 0.1) is 0 Å². The van der Waals surface area contributed by atoms with Gasteiger partial charge in [0, 0.05) is 31.9 Å². The minimum atomic E-state index is -0.244. The van der Waals surface area contributed by atoms with E-state index in [1.54, 1.807) is 0 Å². The van der Waals surface area contributed by atoms with Crippen LogP contribution in [0.2, 0.25) is 0 Å². The molecule has 1 atom stereocenters. The third kappa shape index (κ3) is 3.64. The molecule has 15 heavy (non-hydrogen) atoms. The Morgan fingerprint density at radius 3 is 2.87 bits per heavy atom. The SMILES string of the molecule is CCc1nn(C)cc1CNCC(O)CC. The van der Waals surface area contributed by atoms with Crippen molar-refractivity contribution >= 4 is 0 Å². The summed E-state index contributed by atoms with van der Waals surface area (Å²) in [6.07, 6.45) is 3.53. The smallest absolute Gasteiger partial charge is 0.0666 e. The van der Waals surface area contributed by atoms with Crippen molar-refractivity contribution in [1.29, 1.82) is 0 Å². The van der Waals surface area contributed by atoms with Gasteiger partial charge in [0.2, 0.25) is 0 Å². The van der Waals surface area contributed by atoms with Crippen LogP contribution in [0.3, 0.4) is 0 Å². The van der Waals surface area contributed by atoms with E-state index in [0.717, 1.165) is 25.1 Å². The lowest BCUT2D eigenvalue weighted by Crippen LogP contribution is -2.25. The van der Waals surface area contributed by atoms with Gasteiger partial charge in [0.1, 0.15) is 0 Å². The van der Waals surface area contributed by atoms with E-state index in [4.69, 9.17) is 0 Å². The van der Waals surface area contributed by atoms with E-state index in [1.165, 1.54) is 5.56 Å². The van der Waals surface area contributed by atoms with Crippen LogP contribution in [-0.2, 0) is 20.0 Å². The molecule has 0 aliphatic rings. The van der Waals surface area contributed by atoms with Gasteiger partial charge in [-0.1, -0.05) is 13.8 Å². The second kappa shape index (κ2) is 5.88. The maximum Gasteiger partial charge on any atom is 0.0666 e. The van der Waals surface area contributed by atoms with Crippen molar-refractivity contribution in [1.82, 2.24) is 15.1 Å². The van der Waals surface area contributed by atoms with Gasteiger partial charge in [-0.3, -0.25) is 4.68 Å². The lowest BCUT2D eigenvalue weighted by Gasteiger charge is -2.08. The molecule has 0 saturated carbocycles. The fraction of sp³-hybridized carbons (Fsp3) is 0.727. The fourth-order valence-electron chi connectivity index (χ4n) is 1.55. The van der Waals surface area contributed by atoms with Gasteiger partial charge < -0.3 is 10.4 Å². The molecule has 0 fully saturated rings. The summed E-state index contributed by atoms with van der Waals surface area (Å²) >= 11 is 0. The van der Waals surface area contributed by atoms with Gasteiger partial charge in [0.05, 0.1) is 11.8 Å². The number of rotatable bonds is 6. The van der Waals surface area contributed by atoms with E-state index in [9.17, 15) is 5.11 Å². The standard InChI is InChI=1S/C11H21N3O/c1-4-10(15)7-12-6-9-8-14(3)13-11(9)5-2/h8,10,12,15H,4-7H2,1-3H3. The Bertz CT molecular complexity index is 296. The van der Waals surface area contributed by atoms with Crippen molar-refractivity contribution in [3.05, 3.63) is 17.5 Å². The molecule has 1 heterocycles. The number of hydrogen-bond acceptors (Lipinski definition) is 3. The molecular formula is C11H21N3O. The molecule has 0 saturated heterocycles. The molecule has 4 nitrogen and oxygen atoms in total. The van der Waals surface area contributed by atoms with Gasteiger partial charge in [0.15, 0.2) is 0 Å². The van der Waals surface area contributed by atoms with Crippen LogP contribution in [0.1, 0.15) is 31.5 Å². The third-order valence-electron chi connectivity index (χ3n) is 2.49. The molecule has 0 amide bonds. The van der Waals surface area contributed by atoms with Crippen molar-refractivity contribution in [2.24, 2.45) is 7.05 Å². The number of aryl methyl sites for hydroxylation is 2. The monoisotopic (exact) mass is 211 g/mol. The third-order valence-corrected chi connectivity index (χ3v) is 2.49. The molecule has 0 bridgehead atoms. The molecule has 0 aliphatic heterocycles. The summed E-state index contributed by atoms with van der Waals surface area (Å²) < 4.78 is 1.84. The highest BCUT2D eigenvalue weighted by Crippen LogP contribution is 2.06. The quantitative estimate of drug-likeness (QED) is 0.733. The van der Waals surface area contributed by atoms with Gasteiger partial charge in [-0.15, -0.1) is 0 Å². The molecule has 4 heteroatoms. The summed E-state index contributed by atoms with van der Waals surface area (Å²) in [7, 11) is 1.93. The molecule has 1 aromatic heterocycles. The van der Waals surface area contributed by atoms with Gasteiger partial charge in [-0.2, -0.15) is 5.10 Å². The number of nitrogens with one attached hydrogen (secondary N) is 1. The van der Waals surface area contributed by atoms with E-state index in [0.29, 0.717) is 6.54 Å². The van der Waals surface area contributed by atoms with Crippen molar-refractivity contribution in [3.8, 4) is 0 Å². The minimum Gasteiger partial charge on any atom is -0.392 e. The second-order valence-corrected chi connectivity index (χ2v) is 3.82. The van der Waals surface area contributed by atoms with Crippen molar-refractivity contribution in [3.63, 3.8) is 0 Å². The summed E-state index contributed by atoms with van der Waals surface area (Å²) in [4.78, 5) is 0. The summed E-state index contributed by atoms with van der Waals surface area (Å²) in [5, 5.41) is 17.0. The first-order valence-electron chi connectivity index (χ1n) is 5.57. The van der Waals surface area contributed by atoms with Crippen LogP contribution < -0.4 is 5.32 Å². The average Bonchev–Trinajstić information content (AvgIpc) is 2.58. The molecule has 0 spiro atoms. The lowest BCUT2D eigenvalue weighted by molar-refractivity contribution is 0.167. The Morgan fingerprint density at radius 2 is 2.27 bits per heavy atom. The number of aliphatic hydroxyl groups excluding tert-OH is 1. The van der Waals surface area contributed by atoms with Crippen LogP contribution >= 0.6 is 0 Å². The molecule has 0 aromatic carbocycles. The van der Waals surface area contributed by atoms with Crippen molar-refractivity contribution < 1.29 is 5.11 Å². The molecule has 1 rings (SSSR count). The lowest BCUT2D eigenvalue weighted by atomic mass is 10.2. The highest BCUT2D eigenvalue weighted by Gasteiger charge is 2.06. The predicted octanol–water partition coefficient (Wildman–Crippen LogP) is 0.843. The molecule has 0 aliphatic carbocycles. The van der Waals surface area contributed by atoms with Crippen molar-refractivity contribution in [2.75, 3.05) is 6.54 Å². The fourth-order valence-corrected chi connectivity index (χ4v) is 1.55. The van der Waals surface area contributed by atoms with Crippen LogP contribution in [-0.4, -0.2) is 27.5 Å².